The second-order valence-electron chi connectivity index (χ2n) is 4.91. The standard InChI is InChI=1S/C15H16N2O3/c1-4-15(5-2)13(19)17(14(15)20)11-7-6-10(3)12(8-11)16-9-18/h6-8H,4-5H2,1-3H3. The summed E-state index contributed by atoms with van der Waals surface area (Å²) in [5, 5.41) is 0. The maximum atomic E-state index is 12.3. The summed E-state index contributed by atoms with van der Waals surface area (Å²) >= 11 is 0. The van der Waals surface area contributed by atoms with E-state index in [1.165, 1.54) is 6.08 Å². The molecule has 2 rings (SSSR count). The second kappa shape index (κ2) is 5.02. The average molecular weight is 272 g/mol. The minimum Gasteiger partial charge on any atom is -0.273 e. The summed E-state index contributed by atoms with van der Waals surface area (Å²) in [4.78, 5) is 39.7. The number of carbonyl (C=O) groups is 2. The number of aryl methyl sites for hydroxylation is 1. The Kier molecular flexibility index (Phi) is 3.55. The molecule has 1 aromatic carbocycles. The minimum absolute atomic E-state index is 0.183. The topological polar surface area (TPSA) is 66.8 Å². The number of hydrogen-bond acceptors (Lipinski definition) is 4. The lowest BCUT2D eigenvalue weighted by Gasteiger charge is -2.45. The van der Waals surface area contributed by atoms with Crippen LogP contribution in [0.25, 0.3) is 0 Å². The highest BCUT2D eigenvalue weighted by atomic mass is 16.2. The zero-order valence-corrected chi connectivity index (χ0v) is 11.8. The number of amides is 2. The van der Waals surface area contributed by atoms with Gasteiger partial charge in [-0.25, -0.2) is 9.69 Å². The Morgan fingerprint density at radius 2 is 1.80 bits per heavy atom. The Morgan fingerprint density at radius 1 is 1.20 bits per heavy atom. The fourth-order valence-electron chi connectivity index (χ4n) is 2.55. The van der Waals surface area contributed by atoms with E-state index in [0.29, 0.717) is 24.2 Å². The number of hydrogen-bond donors (Lipinski definition) is 0. The van der Waals surface area contributed by atoms with Gasteiger partial charge in [0.15, 0.2) is 0 Å². The van der Waals surface area contributed by atoms with Crippen molar-refractivity contribution in [1.82, 2.24) is 0 Å². The summed E-state index contributed by atoms with van der Waals surface area (Å²) in [6.07, 6.45) is 2.48. The first kappa shape index (κ1) is 14.2. The van der Waals surface area contributed by atoms with Crippen molar-refractivity contribution in [2.45, 2.75) is 33.6 Å². The first-order chi connectivity index (χ1) is 9.51. The molecule has 1 fully saturated rings. The van der Waals surface area contributed by atoms with Crippen LogP contribution in [0.5, 0.6) is 0 Å². The number of benzene rings is 1. The minimum atomic E-state index is -0.876. The van der Waals surface area contributed by atoms with Gasteiger partial charge in [0.1, 0.15) is 5.41 Å². The molecule has 5 nitrogen and oxygen atoms in total. The van der Waals surface area contributed by atoms with Gasteiger partial charge in [-0.1, -0.05) is 19.9 Å². The summed E-state index contributed by atoms with van der Waals surface area (Å²) in [7, 11) is 0. The molecule has 104 valence electrons. The van der Waals surface area contributed by atoms with Gasteiger partial charge in [-0.15, -0.1) is 0 Å². The molecule has 2 amide bonds. The van der Waals surface area contributed by atoms with Gasteiger partial charge in [0.2, 0.25) is 17.9 Å². The summed E-state index contributed by atoms with van der Waals surface area (Å²) in [5.41, 5.74) is 0.786. The molecule has 0 saturated carbocycles. The summed E-state index contributed by atoms with van der Waals surface area (Å²) in [6.45, 7) is 5.48. The summed E-state index contributed by atoms with van der Waals surface area (Å²) in [6, 6.07) is 4.97. The molecule has 0 aromatic heterocycles. The average Bonchev–Trinajstić information content (AvgIpc) is 2.44. The predicted octanol–water partition coefficient (Wildman–Crippen LogP) is 2.64. The third-order valence-corrected chi connectivity index (χ3v) is 4.05. The van der Waals surface area contributed by atoms with E-state index in [0.717, 1.165) is 10.5 Å². The van der Waals surface area contributed by atoms with Gasteiger partial charge in [0, 0.05) is 0 Å². The number of anilines is 1. The monoisotopic (exact) mass is 272 g/mol. The van der Waals surface area contributed by atoms with E-state index in [9.17, 15) is 14.4 Å². The van der Waals surface area contributed by atoms with Crippen LogP contribution in [0.15, 0.2) is 23.2 Å². The van der Waals surface area contributed by atoms with Crippen molar-refractivity contribution in [2.24, 2.45) is 10.4 Å². The number of nitrogens with zero attached hydrogens (tertiary/aromatic N) is 2. The zero-order chi connectivity index (χ0) is 14.9. The largest absolute Gasteiger partial charge is 0.273 e. The maximum absolute atomic E-state index is 12.3. The van der Waals surface area contributed by atoms with E-state index < -0.39 is 5.41 Å². The molecular weight excluding hydrogens is 256 g/mol. The SMILES string of the molecule is CCC1(CC)C(=O)N(c2ccc(C)c(N=C=O)c2)C1=O. The number of isocyanates is 1. The van der Waals surface area contributed by atoms with Crippen molar-refractivity contribution in [3.63, 3.8) is 0 Å². The molecule has 0 bridgehead atoms. The first-order valence-electron chi connectivity index (χ1n) is 6.59. The molecule has 1 heterocycles. The van der Waals surface area contributed by atoms with Crippen molar-refractivity contribution >= 4 is 29.3 Å². The van der Waals surface area contributed by atoms with Crippen molar-refractivity contribution in [2.75, 3.05) is 4.90 Å². The van der Waals surface area contributed by atoms with Crippen LogP contribution in [-0.2, 0) is 14.4 Å². The van der Waals surface area contributed by atoms with Crippen molar-refractivity contribution in [1.29, 1.82) is 0 Å². The first-order valence-corrected chi connectivity index (χ1v) is 6.59. The van der Waals surface area contributed by atoms with Crippen LogP contribution >= 0.6 is 0 Å². The Bertz CT molecular complexity index is 608. The number of imide groups is 1. The van der Waals surface area contributed by atoms with Gasteiger partial charge in [0.25, 0.3) is 0 Å². The summed E-state index contributed by atoms with van der Waals surface area (Å²) < 4.78 is 0. The van der Waals surface area contributed by atoms with Crippen LogP contribution in [0.2, 0.25) is 0 Å². The van der Waals surface area contributed by atoms with Crippen LogP contribution in [0.4, 0.5) is 11.4 Å². The quantitative estimate of drug-likeness (QED) is 0.366. The van der Waals surface area contributed by atoms with Crippen molar-refractivity contribution < 1.29 is 14.4 Å². The van der Waals surface area contributed by atoms with Crippen LogP contribution in [0.1, 0.15) is 32.3 Å². The number of β-lactam (4-membered cyclic amide) rings is 2. The fourth-order valence-corrected chi connectivity index (χ4v) is 2.55. The van der Waals surface area contributed by atoms with Crippen molar-refractivity contribution in [3.05, 3.63) is 23.8 Å². The molecule has 0 unspecified atom stereocenters. The molecule has 1 aromatic rings. The van der Waals surface area contributed by atoms with E-state index >= 15 is 0 Å². The molecule has 20 heavy (non-hydrogen) atoms. The summed E-state index contributed by atoms with van der Waals surface area (Å²) in [5.74, 6) is -0.366. The second-order valence-corrected chi connectivity index (χ2v) is 4.91. The van der Waals surface area contributed by atoms with Crippen LogP contribution < -0.4 is 4.90 Å². The van der Waals surface area contributed by atoms with Gasteiger partial charge in [0.05, 0.1) is 11.4 Å². The molecule has 5 heteroatoms. The molecule has 1 saturated heterocycles. The lowest BCUT2D eigenvalue weighted by atomic mass is 9.73. The molecular formula is C15H16N2O3. The van der Waals surface area contributed by atoms with Crippen molar-refractivity contribution in [3.8, 4) is 0 Å². The van der Waals surface area contributed by atoms with Gasteiger partial charge in [-0.3, -0.25) is 9.59 Å². The molecule has 0 spiro atoms. The van der Waals surface area contributed by atoms with Crippen LogP contribution in [-0.4, -0.2) is 17.9 Å². The molecule has 1 aliphatic rings. The highest BCUT2D eigenvalue weighted by molar-refractivity contribution is 6.36. The van der Waals surface area contributed by atoms with Crippen LogP contribution in [0.3, 0.4) is 0 Å². The van der Waals surface area contributed by atoms with E-state index in [1.54, 1.807) is 25.1 Å². The fraction of sp³-hybridized carbons (Fsp3) is 0.400. The van der Waals surface area contributed by atoms with E-state index in [2.05, 4.69) is 4.99 Å². The maximum Gasteiger partial charge on any atom is 0.249 e. The van der Waals surface area contributed by atoms with Crippen LogP contribution in [0, 0.1) is 12.3 Å². The Morgan fingerprint density at radius 3 is 2.30 bits per heavy atom. The molecule has 0 radical (unpaired) electrons. The third-order valence-electron chi connectivity index (χ3n) is 4.05. The molecule has 0 N–H and O–H groups in total. The lowest BCUT2D eigenvalue weighted by Crippen LogP contribution is -2.66. The van der Waals surface area contributed by atoms with Gasteiger partial charge < -0.3 is 0 Å². The number of rotatable bonds is 4. The lowest BCUT2D eigenvalue weighted by molar-refractivity contribution is -0.153. The number of carbonyl (C=O) groups excluding carboxylic acids is 3. The highest BCUT2D eigenvalue weighted by Crippen LogP contribution is 2.43. The predicted molar refractivity (Wildman–Crippen MR) is 74.5 cm³/mol. The number of aliphatic imine (C=N–C) groups is 1. The molecule has 0 aliphatic carbocycles. The van der Waals surface area contributed by atoms with Gasteiger partial charge >= 0.3 is 0 Å². The Balaban J connectivity index is 2.40. The van der Waals surface area contributed by atoms with E-state index in [-0.39, 0.29) is 11.8 Å². The molecule has 1 aliphatic heterocycles. The molecule has 0 atom stereocenters. The zero-order valence-electron chi connectivity index (χ0n) is 11.8. The Labute approximate surface area is 117 Å². The normalized spacial score (nSPS) is 16.6. The third kappa shape index (κ3) is 1.79. The van der Waals surface area contributed by atoms with Gasteiger partial charge in [-0.2, -0.15) is 4.99 Å². The van der Waals surface area contributed by atoms with E-state index in [4.69, 9.17) is 0 Å². The smallest absolute Gasteiger partial charge is 0.249 e. The van der Waals surface area contributed by atoms with Gasteiger partial charge in [-0.05, 0) is 37.5 Å². The van der Waals surface area contributed by atoms with E-state index in [1.807, 2.05) is 13.8 Å². The highest BCUT2D eigenvalue weighted by Gasteiger charge is 2.58. The Hall–Kier alpha value is -2.26.